The van der Waals surface area contributed by atoms with Crippen LogP contribution in [-0.2, 0) is 9.59 Å². The average molecular weight is 273 g/mol. The zero-order valence-electron chi connectivity index (χ0n) is 12.2. The van der Waals surface area contributed by atoms with Gasteiger partial charge in [-0.25, -0.2) is 0 Å². The molecule has 106 valence electrons. The van der Waals surface area contributed by atoms with Crippen molar-refractivity contribution in [1.82, 2.24) is 14.8 Å². The highest BCUT2D eigenvalue weighted by molar-refractivity contribution is 6.08. The number of rotatable bonds is 3. The van der Waals surface area contributed by atoms with Gasteiger partial charge in [0.05, 0.1) is 0 Å². The molecule has 1 N–H and O–H groups in total. The molecule has 0 bridgehead atoms. The lowest BCUT2D eigenvalue weighted by Crippen LogP contribution is -2.38. The first-order valence-corrected chi connectivity index (χ1v) is 6.42. The maximum atomic E-state index is 12.4. The highest BCUT2D eigenvalue weighted by atomic mass is 16.2. The Morgan fingerprint density at radius 3 is 2.10 bits per heavy atom. The highest BCUT2D eigenvalue weighted by Gasteiger charge is 2.32. The van der Waals surface area contributed by atoms with Gasteiger partial charge in [0.15, 0.2) is 0 Å². The molecular formula is C15H19N3O2. The fraction of sp³-hybridized carbons (Fsp3) is 0.333. The number of benzene rings is 1. The van der Waals surface area contributed by atoms with E-state index in [-0.39, 0.29) is 11.8 Å². The Hall–Kier alpha value is -2.30. The summed E-state index contributed by atoms with van der Waals surface area (Å²) in [6.07, 6.45) is 1.75. The Kier molecular flexibility index (Phi) is 3.79. The van der Waals surface area contributed by atoms with Gasteiger partial charge in [0.25, 0.3) is 0 Å². The Morgan fingerprint density at radius 2 is 1.55 bits per heavy atom. The van der Waals surface area contributed by atoms with Crippen LogP contribution in [0, 0.1) is 0 Å². The molecule has 20 heavy (non-hydrogen) atoms. The van der Waals surface area contributed by atoms with Crippen LogP contribution < -0.4 is 0 Å². The normalized spacial score (nSPS) is 10.8. The Morgan fingerprint density at radius 1 is 1.00 bits per heavy atom. The average Bonchev–Trinajstić information content (AvgIpc) is 2.82. The molecule has 1 heterocycles. The fourth-order valence-corrected chi connectivity index (χ4v) is 2.22. The van der Waals surface area contributed by atoms with Gasteiger partial charge in [0, 0.05) is 45.3 Å². The summed E-state index contributed by atoms with van der Waals surface area (Å²) in [6.45, 7) is 0. The number of fused-ring (bicyclic) bond motifs is 1. The van der Waals surface area contributed by atoms with Crippen molar-refractivity contribution in [2.24, 2.45) is 0 Å². The summed E-state index contributed by atoms with van der Waals surface area (Å²) in [7, 11) is 6.64. The zero-order chi connectivity index (χ0) is 14.9. The number of carbonyl (C=O) groups excluding carboxylic acids is 2. The zero-order valence-corrected chi connectivity index (χ0v) is 12.2. The van der Waals surface area contributed by atoms with Crippen molar-refractivity contribution < 1.29 is 9.59 Å². The van der Waals surface area contributed by atoms with Crippen LogP contribution in [0.2, 0.25) is 0 Å². The molecule has 0 saturated heterocycles. The van der Waals surface area contributed by atoms with Crippen LogP contribution in [0.4, 0.5) is 0 Å². The highest BCUT2D eigenvalue weighted by Crippen LogP contribution is 2.28. The van der Waals surface area contributed by atoms with Gasteiger partial charge < -0.3 is 14.8 Å². The summed E-state index contributed by atoms with van der Waals surface area (Å²) >= 11 is 0. The molecule has 2 rings (SSSR count). The summed E-state index contributed by atoms with van der Waals surface area (Å²) in [5, 5.41) is 0.905. The van der Waals surface area contributed by atoms with Gasteiger partial charge in [-0.1, -0.05) is 18.2 Å². The largest absolute Gasteiger partial charge is 0.361 e. The number of nitrogens with zero attached hydrogens (tertiary/aromatic N) is 2. The third-order valence-corrected chi connectivity index (χ3v) is 3.31. The minimum absolute atomic E-state index is 0.214. The number of amides is 2. The summed E-state index contributed by atoms with van der Waals surface area (Å²) < 4.78 is 0. The van der Waals surface area contributed by atoms with Gasteiger partial charge >= 0.3 is 0 Å². The molecule has 0 fully saturated rings. The molecular weight excluding hydrogens is 254 g/mol. The Labute approximate surface area is 118 Å². The van der Waals surface area contributed by atoms with E-state index in [1.54, 1.807) is 34.4 Å². The van der Waals surface area contributed by atoms with E-state index in [2.05, 4.69) is 4.98 Å². The SMILES string of the molecule is CN(C)C(=O)C(C(=O)N(C)C)c1c[nH]c2ccccc12. The van der Waals surface area contributed by atoms with E-state index in [4.69, 9.17) is 0 Å². The van der Waals surface area contributed by atoms with Crippen LogP contribution in [0.5, 0.6) is 0 Å². The molecule has 0 aliphatic heterocycles. The van der Waals surface area contributed by atoms with Gasteiger partial charge in [0.1, 0.15) is 5.92 Å². The van der Waals surface area contributed by atoms with Crippen molar-refractivity contribution in [3.63, 3.8) is 0 Å². The number of aromatic nitrogens is 1. The summed E-state index contributed by atoms with van der Waals surface area (Å²) in [6, 6.07) is 7.66. The number of likely N-dealkylation sites (N-methyl/N-ethyl adjacent to an activating group) is 2. The van der Waals surface area contributed by atoms with Crippen molar-refractivity contribution in [3.05, 3.63) is 36.0 Å². The lowest BCUT2D eigenvalue weighted by atomic mass is 9.96. The van der Waals surface area contributed by atoms with Crippen molar-refractivity contribution in [2.75, 3.05) is 28.2 Å². The Bertz CT molecular complexity index is 623. The van der Waals surface area contributed by atoms with E-state index in [9.17, 15) is 9.59 Å². The molecule has 2 aromatic rings. The van der Waals surface area contributed by atoms with Gasteiger partial charge in [-0.15, -0.1) is 0 Å². The molecule has 5 nitrogen and oxygen atoms in total. The first-order chi connectivity index (χ1) is 9.43. The van der Waals surface area contributed by atoms with Crippen molar-refractivity contribution in [3.8, 4) is 0 Å². The number of hydrogen-bond donors (Lipinski definition) is 1. The minimum Gasteiger partial charge on any atom is -0.361 e. The quantitative estimate of drug-likeness (QED) is 0.860. The number of H-pyrrole nitrogens is 1. The third-order valence-electron chi connectivity index (χ3n) is 3.31. The van der Waals surface area contributed by atoms with Gasteiger partial charge in [-0.3, -0.25) is 9.59 Å². The first kappa shape index (κ1) is 14.1. The van der Waals surface area contributed by atoms with Crippen LogP contribution in [0.25, 0.3) is 10.9 Å². The van der Waals surface area contributed by atoms with Crippen molar-refractivity contribution in [2.45, 2.75) is 5.92 Å². The summed E-state index contributed by atoms with van der Waals surface area (Å²) in [5.74, 6) is -1.24. The first-order valence-electron chi connectivity index (χ1n) is 6.42. The van der Waals surface area contributed by atoms with Crippen LogP contribution in [0.15, 0.2) is 30.5 Å². The lowest BCUT2D eigenvalue weighted by molar-refractivity contribution is -0.140. The van der Waals surface area contributed by atoms with Gasteiger partial charge in [0.2, 0.25) is 11.8 Å². The molecule has 0 atom stereocenters. The molecule has 0 saturated carbocycles. The van der Waals surface area contributed by atoms with Crippen LogP contribution in [0.3, 0.4) is 0 Å². The van der Waals surface area contributed by atoms with Crippen LogP contribution >= 0.6 is 0 Å². The Balaban J connectivity index is 2.56. The van der Waals surface area contributed by atoms with E-state index >= 15 is 0 Å². The number of para-hydroxylation sites is 1. The second-order valence-corrected chi connectivity index (χ2v) is 5.19. The molecule has 0 unspecified atom stereocenters. The van der Waals surface area contributed by atoms with Crippen molar-refractivity contribution in [1.29, 1.82) is 0 Å². The van der Waals surface area contributed by atoms with E-state index in [0.29, 0.717) is 0 Å². The van der Waals surface area contributed by atoms with E-state index < -0.39 is 5.92 Å². The number of hydrogen-bond acceptors (Lipinski definition) is 2. The smallest absolute Gasteiger partial charge is 0.239 e. The van der Waals surface area contributed by atoms with E-state index in [1.807, 2.05) is 24.3 Å². The van der Waals surface area contributed by atoms with E-state index in [0.717, 1.165) is 16.5 Å². The van der Waals surface area contributed by atoms with Gasteiger partial charge in [-0.05, 0) is 11.6 Å². The molecule has 5 heteroatoms. The van der Waals surface area contributed by atoms with Crippen LogP contribution in [-0.4, -0.2) is 54.8 Å². The minimum atomic E-state index is -0.809. The second-order valence-electron chi connectivity index (χ2n) is 5.19. The number of nitrogens with one attached hydrogen (secondary N) is 1. The molecule has 0 spiro atoms. The number of carbonyl (C=O) groups is 2. The molecule has 1 aromatic heterocycles. The molecule has 0 aliphatic rings. The predicted molar refractivity (Wildman–Crippen MR) is 78.4 cm³/mol. The molecule has 1 aromatic carbocycles. The molecule has 0 radical (unpaired) electrons. The van der Waals surface area contributed by atoms with Crippen LogP contribution in [0.1, 0.15) is 11.5 Å². The maximum Gasteiger partial charge on any atom is 0.239 e. The maximum absolute atomic E-state index is 12.4. The molecule has 2 amide bonds. The second kappa shape index (κ2) is 5.36. The summed E-state index contributed by atoms with van der Waals surface area (Å²) in [5.41, 5.74) is 1.64. The lowest BCUT2D eigenvalue weighted by Gasteiger charge is -2.22. The topological polar surface area (TPSA) is 56.4 Å². The number of aromatic amines is 1. The standard InChI is InChI=1S/C15H19N3O2/c1-17(2)14(19)13(15(20)18(3)4)11-9-16-12-8-6-5-7-10(11)12/h5-9,13,16H,1-4H3. The van der Waals surface area contributed by atoms with Gasteiger partial charge in [-0.2, -0.15) is 0 Å². The van der Waals surface area contributed by atoms with E-state index in [1.165, 1.54) is 9.80 Å². The summed E-state index contributed by atoms with van der Waals surface area (Å²) in [4.78, 5) is 30.8. The fourth-order valence-electron chi connectivity index (χ4n) is 2.22. The molecule has 0 aliphatic carbocycles. The van der Waals surface area contributed by atoms with Crippen molar-refractivity contribution >= 4 is 22.7 Å². The third kappa shape index (κ3) is 2.39. The monoisotopic (exact) mass is 273 g/mol. The predicted octanol–water partition coefficient (Wildman–Crippen LogP) is 1.43.